The van der Waals surface area contributed by atoms with Gasteiger partial charge in [-0.15, -0.1) is 22.7 Å². The molecule has 0 aliphatic rings. The van der Waals surface area contributed by atoms with Crippen molar-refractivity contribution in [2.45, 2.75) is 0 Å². The fourth-order valence-electron chi connectivity index (χ4n) is 3.44. The number of aromatic nitrogens is 2. The van der Waals surface area contributed by atoms with E-state index in [2.05, 4.69) is 57.1 Å². The van der Waals surface area contributed by atoms with Crippen molar-refractivity contribution < 1.29 is 0 Å². The van der Waals surface area contributed by atoms with Crippen LogP contribution in [0.1, 0.15) is 0 Å². The predicted molar refractivity (Wildman–Crippen MR) is 98.4 cm³/mol. The molecule has 4 aromatic heterocycles. The van der Waals surface area contributed by atoms with Crippen molar-refractivity contribution in [3.63, 3.8) is 0 Å². The first-order valence-corrected chi connectivity index (χ1v) is 8.94. The minimum absolute atomic E-state index is 1.21. The molecule has 4 heterocycles. The van der Waals surface area contributed by atoms with Crippen LogP contribution in [-0.4, -0.2) is 9.97 Å². The fraction of sp³-hybridized carbons (Fsp3) is 0. The van der Waals surface area contributed by atoms with Crippen molar-refractivity contribution in [2.24, 2.45) is 0 Å². The van der Waals surface area contributed by atoms with E-state index in [1.807, 2.05) is 0 Å². The van der Waals surface area contributed by atoms with E-state index in [9.17, 15) is 0 Å². The maximum absolute atomic E-state index is 3.62. The molecule has 6 rings (SSSR count). The minimum atomic E-state index is 1.21. The van der Waals surface area contributed by atoms with Crippen molar-refractivity contribution in [3.05, 3.63) is 47.2 Å². The topological polar surface area (TPSA) is 31.6 Å². The lowest BCUT2D eigenvalue weighted by atomic mass is 10.2. The smallest absolute Gasteiger partial charge is 0.0725 e. The van der Waals surface area contributed by atoms with Gasteiger partial charge in [-0.25, -0.2) is 0 Å². The van der Waals surface area contributed by atoms with Crippen LogP contribution in [-0.2, 0) is 0 Å². The van der Waals surface area contributed by atoms with Crippen molar-refractivity contribution in [1.82, 2.24) is 9.97 Å². The Morgan fingerprint density at radius 3 is 1.64 bits per heavy atom. The first-order chi connectivity index (χ1) is 10.9. The van der Waals surface area contributed by atoms with Gasteiger partial charge in [0.25, 0.3) is 0 Å². The monoisotopic (exact) mass is 318 g/mol. The van der Waals surface area contributed by atoms with Crippen LogP contribution in [0.3, 0.4) is 0 Å². The van der Waals surface area contributed by atoms with E-state index >= 15 is 0 Å². The van der Waals surface area contributed by atoms with E-state index in [0.717, 1.165) is 0 Å². The van der Waals surface area contributed by atoms with Gasteiger partial charge in [-0.2, -0.15) is 0 Å². The van der Waals surface area contributed by atoms with Crippen molar-refractivity contribution in [3.8, 4) is 0 Å². The molecular formula is C18H10N2S2. The molecule has 2 N–H and O–H groups in total. The summed E-state index contributed by atoms with van der Waals surface area (Å²) >= 11 is 3.60. The predicted octanol–water partition coefficient (Wildman–Crippen LogP) is 6.23. The van der Waals surface area contributed by atoms with Gasteiger partial charge in [0.1, 0.15) is 0 Å². The van der Waals surface area contributed by atoms with Crippen LogP contribution in [0.5, 0.6) is 0 Å². The maximum atomic E-state index is 3.62. The Labute approximate surface area is 133 Å². The Kier molecular flexibility index (Phi) is 1.91. The molecule has 2 aromatic carbocycles. The number of benzene rings is 2. The molecular weight excluding hydrogens is 308 g/mol. The number of hydrogen-bond acceptors (Lipinski definition) is 2. The summed E-state index contributed by atoms with van der Waals surface area (Å²) in [7, 11) is 0. The van der Waals surface area contributed by atoms with Crippen molar-refractivity contribution in [1.29, 1.82) is 0 Å². The molecule has 22 heavy (non-hydrogen) atoms. The Hall–Kier alpha value is -2.30. The lowest BCUT2D eigenvalue weighted by Gasteiger charge is -1.94. The molecule has 104 valence electrons. The zero-order valence-electron chi connectivity index (χ0n) is 11.4. The largest absolute Gasteiger partial charge is 0.353 e. The molecule has 0 saturated heterocycles. The number of rotatable bonds is 0. The number of fused-ring (bicyclic) bond motifs is 7. The third-order valence-corrected chi connectivity index (χ3v) is 6.25. The molecule has 0 radical (unpaired) electrons. The van der Waals surface area contributed by atoms with Gasteiger partial charge < -0.3 is 9.97 Å². The second-order valence-corrected chi connectivity index (χ2v) is 7.61. The molecule has 0 fully saturated rings. The van der Waals surface area contributed by atoms with E-state index in [1.54, 1.807) is 22.7 Å². The molecule has 0 aliphatic heterocycles. The van der Waals surface area contributed by atoms with Gasteiger partial charge in [0.05, 0.1) is 11.0 Å². The third kappa shape index (κ3) is 1.30. The number of hydrogen-bond donors (Lipinski definition) is 2. The van der Waals surface area contributed by atoms with Crippen LogP contribution < -0.4 is 0 Å². The number of aromatic amines is 2. The third-order valence-electron chi connectivity index (χ3n) is 4.49. The lowest BCUT2D eigenvalue weighted by Crippen LogP contribution is -1.72. The van der Waals surface area contributed by atoms with Gasteiger partial charge >= 0.3 is 0 Å². The summed E-state index contributed by atoms with van der Waals surface area (Å²) in [4.78, 5) is 7.24. The molecule has 0 spiro atoms. The van der Waals surface area contributed by atoms with E-state index < -0.39 is 0 Å². The number of thiophene rings is 2. The Morgan fingerprint density at radius 1 is 0.636 bits per heavy atom. The lowest BCUT2D eigenvalue weighted by molar-refractivity contribution is 1.57. The first kappa shape index (κ1) is 11.3. The van der Waals surface area contributed by atoms with Gasteiger partial charge in [-0.3, -0.25) is 0 Å². The SMILES string of the molecule is c1cc2cc3[nH]c4c5cc6sccc6cc5[nH]c4c3cc2s1. The molecule has 2 nitrogen and oxygen atoms in total. The second kappa shape index (κ2) is 3.72. The molecule has 0 saturated carbocycles. The molecule has 4 heteroatoms. The summed E-state index contributed by atoms with van der Waals surface area (Å²) in [6.07, 6.45) is 0. The summed E-state index contributed by atoms with van der Waals surface area (Å²) < 4.78 is 2.68. The van der Waals surface area contributed by atoms with Crippen LogP contribution in [0.2, 0.25) is 0 Å². The van der Waals surface area contributed by atoms with E-state index in [1.165, 1.54) is 53.0 Å². The molecule has 0 aliphatic carbocycles. The highest BCUT2D eigenvalue weighted by atomic mass is 32.1. The van der Waals surface area contributed by atoms with Crippen molar-refractivity contribution >= 4 is 75.7 Å². The summed E-state index contributed by atoms with van der Waals surface area (Å²) in [5.74, 6) is 0. The quantitative estimate of drug-likeness (QED) is 0.332. The highest BCUT2D eigenvalue weighted by Crippen LogP contribution is 2.37. The summed E-state index contributed by atoms with van der Waals surface area (Å²) in [5.41, 5.74) is 4.86. The van der Waals surface area contributed by atoms with Crippen molar-refractivity contribution in [2.75, 3.05) is 0 Å². The highest BCUT2D eigenvalue weighted by molar-refractivity contribution is 7.17. The second-order valence-electron chi connectivity index (χ2n) is 5.71. The minimum Gasteiger partial charge on any atom is -0.353 e. The molecule has 0 amide bonds. The van der Waals surface area contributed by atoms with Gasteiger partial charge in [0, 0.05) is 31.2 Å². The van der Waals surface area contributed by atoms with Gasteiger partial charge in [-0.05, 0) is 57.9 Å². The van der Waals surface area contributed by atoms with Crippen LogP contribution in [0.15, 0.2) is 47.2 Å². The molecule has 6 aromatic rings. The molecule has 0 atom stereocenters. The molecule has 0 unspecified atom stereocenters. The molecule has 0 bridgehead atoms. The fourth-order valence-corrected chi connectivity index (χ4v) is 5.06. The first-order valence-electron chi connectivity index (χ1n) is 7.18. The number of nitrogens with one attached hydrogen (secondary N) is 2. The van der Waals surface area contributed by atoms with Gasteiger partial charge in [0.2, 0.25) is 0 Å². The summed E-state index contributed by atoms with van der Waals surface area (Å²) in [5, 5.41) is 9.49. The van der Waals surface area contributed by atoms with Gasteiger partial charge in [-0.1, -0.05) is 0 Å². The summed E-state index contributed by atoms with van der Waals surface area (Å²) in [6.45, 7) is 0. The maximum Gasteiger partial charge on any atom is 0.0725 e. The average Bonchev–Trinajstić information content (AvgIpc) is 3.25. The normalized spacial score (nSPS) is 12.5. The van der Waals surface area contributed by atoms with Crippen LogP contribution in [0.25, 0.3) is 53.0 Å². The van der Waals surface area contributed by atoms with Crippen LogP contribution in [0.4, 0.5) is 0 Å². The highest BCUT2D eigenvalue weighted by Gasteiger charge is 2.13. The Morgan fingerprint density at radius 2 is 1.14 bits per heavy atom. The van der Waals surface area contributed by atoms with Crippen LogP contribution >= 0.6 is 22.7 Å². The summed E-state index contributed by atoms with van der Waals surface area (Å²) in [6, 6.07) is 13.5. The zero-order chi connectivity index (χ0) is 14.3. The Bertz CT molecular complexity index is 1220. The average molecular weight is 318 g/mol. The zero-order valence-corrected chi connectivity index (χ0v) is 13.1. The van der Waals surface area contributed by atoms with Gasteiger partial charge in [0.15, 0.2) is 0 Å². The van der Waals surface area contributed by atoms with E-state index in [4.69, 9.17) is 0 Å². The standard InChI is InChI=1S/C18H10N2S2/c1-3-21-15-7-11-13(5-9(1)15)19-18-12-8-16-10(2-4-22-16)6-14(12)20-17(11)18/h1-8,19-20H. The van der Waals surface area contributed by atoms with Crippen LogP contribution in [0, 0.1) is 0 Å². The van der Waals surface area contributed by atoms with E-state index in [-0.39, 0.29) is 0 Å². The van der Waals surface area contributed by atoms with E-state index in [0.29, 0.717) is 0 Å². The number of H-pyrrole nitrogens is 2. The Balaban J connectivity index is 1.86.